The van der Waals surface area contributed by atoms with Gasteiger partial charge in [-0.15, -0.1) is 0 Å². The Morgan fingerprint density at radius 1 is 1.18 bits per heavy atom. The minimum atomic E-state index is -0.0275. The van der Waals surface area contributed by atoms with E-state index < -0.39 is 0 Å². The molecule has 2 rings (SSSR count). The van der Waals surface area contributed by atoms with E-state index in [1.807, 2.05) is 42.3 Å². The van der Waals surface area contributed by atoms with Crippen LogP contribution in [-0.4, -0.2) is 31.5 Å². The molecule has 0 unspecified atom stereocenters. The van der Waals surface area contributed by atoms with Crippen LogP contribution >= 0.6 is 0 Å². The zero-order chi connectivity index (χ0) is 15.9. The number of hydrogen-bond acceptors (Lipinski definition) is 3. The molecule has 0 aliphatic rings. The topological polar surface area (TPSA) is 41.6 Å². The number of methoxy groups -OCH3 is 1. The number of carbonyl (C=O) groups is 1. The molecule has 4 heteroatoms. The maximum Gasteiger partial charge on any atom is 0.238 e. The van der Waals surface area contributed by atoms with Gasteiger partial charge in [-0.2, -0.15) is 0 Å². The van der Waals surface area contributed by atoms with E-state index in [-0.39, 0.29) is 5.91 Å². The maximum atomic E-state index is 12.1. The number of likely N-dealkylation sites (N-methyl/N-ethyl adjacent to an activating group) is 1. The lowest BCUT2D eigenvalue weighted by Gasteiger charge is -2.16. The van der Waals surface area contributed by atoms with Gasteiger partial charge >= 0.3 is 0 Å². The van der Waals surface area contributed by atoms with Crippen LogP contribution in [0, 0.1) is 6.92 Å². The molecule has 1 amide bonds. The Hall–Kier alpha value is -2.33. The average molecular weight is 298 g/mol. The molecule has 116 valence electrons. The van der Waals surface area contributed by atoms with Crippen LogP contribution in [-0.2, 0) is 11.3 Å². The Labute approximate surface area is 131 Å². The highest BCUT2D eigenvalue weighted by molar-refractivity contribution is 5.92. The summed E-state index contributed by atoms with van der Waals surface area (Å²) in [5, 5.41) is 2.89. The molecule has 0 saturated heterocycles. The monoisotopic (exact) mass is 298 g/mol. The van der Waals surface area contributed by atoms with Crippen molar-refractivity contribution in [2.24, 2.45) is 0 Å². The largest absolute Gasteiger partial charge is 0.497 e. The Balaban J connectivity index is 1.85. The number of ether oxygens (including phenoxy) is 1. The van der Waals surface area contributed by atoms with Gasteiger partial charge in [0.2, 0.25) is 5.91 Å². The van der Waals surface area contributed by atoms with Crippen LogP contribution in [0.15, 0.2) is 48.5 Å². The molecule has 2 aromatic rings. The molecule has 0 aliphatic carbocycles. The van der Waals surface area contributed by atoms with Crippen molar-refractivity contribution < 1.29 is 9.53 Å². The van der Waals surface area contributed by atoms with Crippen LogP contribution in [0.25, 0.3) is 0 Å². The lowest BCUT2D eigenvalue weighted by molar-refractivity contribution is -0.117. The van der Waals surface area contributed by atoms with Crippen molar-refractivity contribution in [2.75, 3.05) is 26.0 Å². The molecule has 0 spiro atoms. The molecule has 0 atom stereocenters. The molecule has 2 aromatic carbocycles. The molecule has 0 fully saturated rings. The highest BCUT2D eigenvalue weighted by Crippen LogP contribution is 2.15. The van der Waals surface area contributed by atoms with Gasteiger partial charge in [0.1, 0.15) is 5.75 Å². The van der Waals surface area contributed by atoms with Crippen LogP contribution in [0.4, 0.5) is 5.69 Å². The number of amides is 1. The predicted molar refractivity (Wildman–Crippen MR) is 89.1 cm³/mol. The minimum Gasteiger partial charge on any atom is -0.497 e. The molecular weight excluding hydrogens is 276 g/mol. The van der Waals surface area contributed by atoms with Crippen molar-refractivity contribution in [3.8, 4) is 5.75 Å². The Kier molecular flexibility index (Phi) is 5.55. The summed E-state index contributed by atoms with van der Waals surface area (Å²) in [5.41, 5.74) is 3.21. The lowest BCUT2D eigenvalue weighted by atomic mass is 10.1. The normalized spacial score (nSPS) is 10.5. The number of nitrogens with one attached hydrogen (secondary N) is 1. The maximum absolute atomic E-state index is 12.1. The van der Waals surface area contributed by atoms with Crippen LogP contribution in [0.2, 0.25) is 0 Å². The summed E-state index contributed by atoms with van der Waals surface area (Å²) in [6, 6.07) is 15.6. The Bertz CT molecular complexity index is 623. The van der Waals surface area contributed by atoms with E-state index in [1.54, 1.807) is 7.11 Å². The molecule has 0 saturated carbocycles. The fourth-order valence-electron chi connectivity index (χ4n) is 2.30. The zero-order valence-corrected chi connectivity index (χ0v) is 13.3. The van der Waals surface area contributed by atoms with Crippen molar-refractivity contribution in [2.45, 2.75) is 13.5 Å². The van der Waals surface area contributed by atoms with E-state index in [9.17, 15) is 4.79 Å². The van der Waals surface area contributed by atoms with Crippen molar-refractivity contribution in [1.29, 1.82) is 0 Å². The summed E-state index contributed by atoms with van der Waals surface area (Å²) in [6.45, 7) is 3.16. The number of rotatable bonds is 6. The fraction of sp³-hybridized carbons (Fsp3) is 0.278. The molecule has 0 aliphatic heterocycles. The third-order valence-corrected chi connectivity index (χ3v) is 3.32. The summed E-state index contributed by atoms with van der Waals surface area (Å²) in [6.07, 6.45) is 0. The number of hydrogen-bond donors (Lipinski definition) is 1. The molecular formula is C18H22N2O2. The lowest BCUT2D eigenvalue weighted by Crippen LogP contribution is -2.29. The van der Waals surface area contributed by atoms with Crippen molar-refractivity contribution in [3.63, 3.8) is 0 Å². The van der Waals surface area contributed by atoms with Gasteiger partial charge in [0.25, 0.3) is 0 Å². The van der Waals surface area contributed by atoms with Gasteiger partial charge in [-0.05, 0) is 43.8 Å². The van der Waals surface area contributed by atoms with Crippen molar-refractivity contribution in [3.05, 3.63) is 59.7 Å². The first-order valence-corrected chi connectivity index (χ1v) is 7.25. The Morgan fingerprint density at radius 2 is 1.91 bits per heavy atom. The third kappa shape index (κ3) is 4.90. The van der Waals surface area contributed by atoms with E-state index in [4.69, 9.17) is 4.74 Å². The second-order valence-electron chi connectivity index (χ2n) is 5.44. The van der Waals surface area contributed by atoms with E-state index in [0.717, 1.165) is 18.0 Å². The molecule has 4 nitrogen and oxygen atoms in total. The van der Waals surface area contributed by atoms with Gasteiger partial charge in [-0.25, -0.2) is 0 Å². The molecule has 0 radical (unpaired) electrons. The van der Waals surface area contributed by atoms with E-state index in [1.165, 1.54) is 11.1 Å². The Morgan fingerprint density at radius 3 is 2.55 bits per heavy atom. The minimum absolute atomic E-state index is 0.0275. The molecule has 0 aromatic heterocycles. The number of nitrogens with zero attached hydrogens (tertiary/aromatic N) is 1. The van der Waals surface area contributed by atoms with Crippen molar-refractivity contribution >= 4 is 11.6 Å². The van der Waals surface area contributed by atoms with Gasteiger partial charge < -0.3 is 10.1 Å². The average Bonchev–Trinajstić information content (AvgIpc) is 2.47. The van der Waals surface area contributed by atoms with E-state index in [0.29, 0.717) is 6.54 Å². The van der Waals surface area contributed by atoms with E-state index >= 15 is 0 Å². The second-order valence-corrected chi connectivity index (χ2v) is 5.44. The number of benzene rings is 2. The standard InChI is InChI=1S/C18H22N2O2/c1-14-5-4-6-15(11-14)12-20(2)13-18(21)19-16-7-9-17(22-3)10-8-16/h4-11H,12-13H2,1-3H3,(H,19,21). The van der Waals surface area contributed by atoms with Crippen molar-refractivity contribution in [1.82, 2.24) is 4.90 Å². The van der Waals surface area contributed by atoms with Gasteiger partial charge in [-0.1, -0.05) is 29.8 Å². The highest BCUT2D eigenvalue weighted by atomic mass is 16.5. The van der Waals surface area contributed by atoms with E-state index in [2.05, 4.69) is 30.4 Å². The van der Waals surface area contributed by atoms with Gasteiger partial charge in [0, 0.05) is 12.2 Å². The first-order chi connectivity index (χ1) is 10.6. The van der Waals surface area contributed by atoms with Crippen LogP contribution in [0.5, 0.6) is 5.75 Å². The fourth-order valence-corrected chi connectivity index (χ4v) is 2.30. The first-order valence-electron chi connectivity index (χ1n) is 7.25. The number of anilines is 1. The van der Waals surface area contributed by atoms with Crippen LogP contribution in [0.3, 0.4) is 0 Å². The third-order valence-electron chi connectivity index (χ3n) is 3.32. The van der Waals surface area contributed by atoms with Gasteiger partial charge in [-0.3, -0.25) is 9.69 Å². The summed E-state index contributed by atoms with van der Waals surface area (Å²) in [4.78, 5) is 14.0. The smallest absolute Gasteiger partial charge is 0.238 e. The van der Waals surface area contributed by atoms with Gasteiger partial charge in [0.05, 0.1) is 13.7 Å². The summed E-state index contributed by atoms with van der Waals surface area (Å²) >= 11 is 0. The predicted octanol–water partition coefficient (Wildman–Crippen LogP) is 3.07. The van der Waals surface area contributed by atoms with Crippen LogP contribution < -0.4 is 10.1 Å². The van der Waals surface area contributed by atoms with Gasteiger partial charge in [0.15, 0.2) is 0 Å². The quantitative estimate of drug-likeness (QED) is 0.891. The molecule has 0 bridgehead atoms. The molecule has 22 heavy (non-hydrogen) atoms. The number of aryl methyl sites for hydroxylation is 1. The zero-order valence-electron chi connectivity index (χ0n) is 13.3. The summed E-state index contributed by atoms with van der Waals surface area (Å²) in [7, 11) is 3.56. The summed E-state index contributed by atoms with van der Waals surface area (Å²) in [5.74, 6) is 0.745. The van der Waals surface area contributed by atoms with Crippen LogP contribution in [0.1, 0.15) is 11.1 Å². The first kappa shape index (κ1) is 16.0. The highest BCUT2D eigenvalue weighted by Gasteiger charge is 2.08. The number of carbonyl (C=O) groups excluding carboxylic acids is 1. The second kappa shape index (κ2) is 7.61. The molecule has 0 heterocycles. The SMILES string of the molecule is COc1ccc(NC(=O)CN(C)Cc2cccc(C)c2)cc1. The molecule has 1 N–H and O–H groups in total. The summed E-state index contributed by atoms with van der Waals surface area (Å²) < 4.78 is 5.09.